The lowest BCUT2D eigenvalue weighted by Gasteiger charge is -2.21. The maximum Gasteiger partial charge on any atom is 0.472 e. The number of phosphoric ester groups is 2. The van der Waals surface area contributed by atoms with Gasteiger partial charge in [0.15, 0.2) is 12.2 Å². The smallest absolute Gasteiger partial charge is 0.462 e. The molecule has 5 atom stereocenters. The predicted molar refractivity (Wildman–Crippen MR) is 405 cm³/mol. The maximum absolute atomic E-state index is 13.1. The van der Waals surface area contributed by atoms with Crippen molar-refractivity contribution < 1.29 is 80.2 Å². The van der Waals surface area contributed by atoms with Crippen molar-refractivity contribution in [3.63, 3.8) is 0 Å². The van der Waals surface area contributed by atoms with Crippen LogP contribution < -0.4 is 0 Å². The number of esters is 4. The summed E-state index contributed by atoms with van der Waals surface area (Å²) in [5.74, 6) is -1.33. The summed E-state index contributed by atoms with van der Waals surface area (Å²) in [7, 11) is -9.91. The van der Waals surface area contributed by atoms with E-state index in [9.17, 15) is 43.2 Å². The second-order valence-electron chi connectivity index (χ2n) is 29.3. The zero-order valence-corrected chi connectivity index (χ0v) is 66.4. The summed E-state index contributed by atoms with van der Waals surface area (Å²) in [5, 5.41) is 10.6. The first-order valence-corrected chi connectivity index (χ1v) is 44.6. The number of hydrogen-bond donors (Lipinski definition) is 3. The SMILES string of the molecule is CCCCCCCCCCCCCCCCCCCCCCC(=O)O[C@H](COC(=O)CCCCCCCCCCCCCCC(C)C)COP(=O)(O)OC[C@@H](O)COP(=O)(O)OC[C@@H](COC(=O)CCCCCCCCCCC)OC(=O)CCCCCCCCCCCCCCCCC. The lowest BCUT2D eigenvalue weighted by Crippen LogP contribution is -2.30. The number of carbonyl (C=O) groups excluding carboxylic acids is 4. The first-order valence-electron chi connectivity index (χ1n) is 41.6. The molecule has 0 heterocycles. The number of carbonyl (C=O) groups is 4. The minimum Gasteiger partial charge on any atom is -0.462 e. The summed E-state index contributed by atoms with van der Waals surface area (Å²) in [6.07, 6.45) is 63.8. The van der Waals surface area contributed by atoms with Gasteiger partial charge in [-0.2, -0.15) is 0 Å². The Bertz CT molecular complexity index is 1890. The van der Waals surface area contributed by atoms with Gasteiger partial charge in [0.25, 0.3) is 0 Å². The highest BCUT2D eigenvalue weighted by molar-refractivity contribution is 7.47. The molecule has 0 aliphatic rings. The molecule has 0 fully saturated rings. The molecular weight excluding hydrogens is 1290 g/mol. The number of hydrogen-bond acceptors (Lipinski definition) is 15. The molecule has 0 rings (SSSR count). The molecule has 0 saturated carbocycles. The quantitative estimate of drug-likeness (QED) is 0.0222. The van der Waals surface area contributed by atoms with Crippen molar-refractivity contribution >= 4 is 39.5 Å². The molecule has 0 spiro atoms. The Kier molecular flexibility index (Phi) is 71.6. The second kappa shape index (κ2) is 73.0. The van der Waals surface area contributed by atoms with Crippen LogP contribution in [0.3, 0.4) is 0 Å². The molecule has 0 bridgehead atoms. The zero-order valence-electron chi connectivity index (χ0n) is 64.6. The summed E-state index contributed by atoms with van der Waals surface area (Å²) in [6.45, 7) is 7.32. The van der Waals surface area contributed by atoms with Crippen molar-refractivity contribution in [2.24, 2.45) is 5.92 Å². The molecule has 588 valence electrons. The molecule has 0 radical (unpaired) electrons. The maximum atomic E-state index is 13.1. The van der Waals surface area contributed by atoms with Crippen LogP contribution in [0.2, 0.25) is 0 Å². The Balaban J connectivity index is 5.21. The fraction of sp³-hybridized carbons (Fsp3) is 0.950. The van der Waals surface area contributed by atoms with E-state index in [1.54, 1.807) is 0 Å². The topological polar surface area (TPSA) is 237 Å². The number of aliphatic hydroxyl groups is 1. The number of ether oxygens (including phenoxy) is 4. The fourth-order valence-electron chi connectivity index (χ4n) is 12.4. The molecule has 3 N–H and O–H groups in total. The van der Waals surface area contributed by atoms with Gasteiger partial charge in [0.2, 0.25) is 0 Å². The van der Waals surface area contributed by atoms with Crippen LogP contribution in [0.1, 0.15) is 426 Å². The highest BCUT2D eigenvalue weighted by Gasteiger charge is 2.30. The van der Waals surface area contributed by atoms with Gasteiger partial charge in [-0.15, -0.1) is 0 Å². The van der Waals surface area contributed by atoms with Crippen LogP contribution in [0.4, 0.5) is 0 Å². The van der Waals surface area contributed by atoms with Gasteiger partial charge in [0, 0.05) is 25.7 Å². The van der Waals surface area contributed by atoms with Crippen LogP contribution in [-0.2, 0) is 65.4 Å². The molecule has 19 heteroatoms. The van der Waals surface area contributed by atoms with Crippen molar-refractivity contribution in [2.45, 2.75) is 445 Å². The molecule has 0 saturated heterocycles. The Morgan fingerprint density at radius 2 is 0.465 bits per heavy atom. The van der Waals surface area contributed by atoms with Gasteiger partial charge in [-0.3, -0.25) is 37.3 Å². The van der Waals surface area contributed by atoms with E-state index in [1.807, 2.05) is 0 Å². The first kappa shape index (κ1) is 97.1. The van der Waals surface area contributed by atoms with Gasteiger partial charge >= 0.3 is 39.5 Å². The number of phosphoric acid groups is 2. The predicted octanol–water partition coefficient (Wildman–Crippen LogP) is 24.0. The molecule has 99 heavy (non-hydrogen) atoms. The van der Waals surface area contributed by atoms with Gasteiger partial charge in [0.05, 0.1) is 26.4 Å². The van der Waals surface area contributed by atoms with Crippen molar-refractivity contribution in [3.05, 3.63) is 0 Å². The zero-order chi connectivity index (χ0) is 72.7. The molecule has 0 aromatic heterocycles. The van der Waals surface area contributed by atoms with E-state index in [2.05, 4.69) is 34.6 Å². The summed E-state index contributed by atoms with van der Waals surface area (Å²) >= 11 is 0. The van der Waals surface area contributed by atoms with Crippen molar-refractivity contribution in [1.29, 1.82) is 0 Å². The van der Waals surface area contributed by atoms with E-state index in [0.717, 1.165) is 95.8 Å². The Morgan fingerprint density at radius 3 is 0.687 bits per heavy atom. The Labute approximate surface area is 607 Å². The molecule has 0 aliphatic carbocycles. The third-order valence-electron chi connectivity index (χ3n) is 18.8. The van der Waals surface area contributed by atoms with E-state index in [4.69, 9.17) is 37.0 Å². The Hall–Kier alpha value is -1.94. The van der Waals surface area contributed by atoms with E-state index in [1.165, 1.54) is 250 Å². The van der Waals surface area contributed by atoms with Crippen LogP contribution in [0.25, 0.3) is 0 Å². The van der Waals surface area contributed by atoms with E-state index < -0.39 is 97.5 Å². The average Bonchev–Trinajstić information content (AvgIpc) is 1.12. The van der Waals surface area contributed by atoms with Gasteiger partial charge < -0.3 is 33.8 Å². The van der Waals surface area contributed by atoms with Crippen molar-refractivity contribution in [3.8, 4) is 0 Å². The number of rotatable bonds is 80. The van der Waals surface area contributed by atoms with Crippen molar-refractivity contribution in [2.75, 3.05) is 39.6 Å². The molecule has 0 amide bonds. The lowest BCUT2D eigenvalue weighted by atomic mass is 10.0. The van der Waals surface area contributed by atoms with Crippen LogP contribution in [0.15, 0.2) is 0 Å². The van der Waals surface area contributed by atoms with Gasteiger partial charge in [0.1, 0.15) is 19.3 Å². The molecular formula is C80H156O17P2. The highest BCUT2D eigenvalue weighted by Crippen LogP contribution is 2.45. The van der Waals surface area contributed by atoms with Crippen LogP contribution in [0, 0.1) is 5.92 Å². The minimum atomic E-state index is -4.96. The van der Waals surface area contributed by atoms with Crippen LogP contribution >= 0.6 is 15.6 Å². The summed E-state index contributed by atoms with van der Waals surface area (Å²) in [4.78, 5) is 72.9. The average molecular weight is 1450 g/mol. The van der Waals surface area contributed by atoms with Gasteiger partial charge in [-0.25, -0.2) is 9.13 Å². The number of aliphatic hydroxyl groups excluding tert-OH is 1. The van der Waals surface area contributed by atoms with Crippen molar-refractivity contribution in [1.82, 2.24) is 0 Å². The summed E-state index contributed by atoms with van der Waals surface area (Å²) < 4.78 is 68.7. The summed E-state index contributed by atoms with van der Waals surface area (Å²) in [6, 6.07) is 0. The summed E-state index contributed by atoms with van der Waals surface area (Å²) in [5.41, 5.74) is 0. The van der Waals surface area contributed by atoms with Gasteiger partial charge in [-0.05, 0) is 31.6 Å². The van der Waals surface area contributed by atoms with Crippen LogP contribution in [-0.4, -0.2) is 96.7 Å². The van der Waals surface area contributed by atoms with Gasteiger partial charge in [-0.1, -0.05) is 375 Å². The van der Waals surface area contributed by atoms with Crippen LogP contribution in [0.5, 0.6) is 0 Å². The third-order valence-corrected chi connectivity index (χ3v) is 20.7. The van der Waals surface area contributed by atoms with E-state index >= 15 is 0 Å². The first-order chi connectivity index (χ1) is 48.0. The normalized spacial score (nSPS) is 13.9. The minimum absolute atomic E-state index is 0.108. The molecule has 0 aromatic carbocycles. The molecule has 2 unspecified atom stereocenters. The fourth-order valence-corrected chi connectivity index (χ4v) is 14.0. The monoisotopic (exact) mass is 1450 g/mol. The molecule has 0 aromatic rings. The standard InChI is InChI=1S/C80H156O17P2/c1-6-9-12-15-18-21-23-25-27-28-29-30-31-33-35-41-46-51-56-61-66-80(85)97-76(70-91-78(83)64-59-54-49-44-39-37-36-38-43-47-52-57-62-73(4)5)72-95-99(88,89)93-68-74(81)67-92-98(86,87)94-71-75(69-90-77(82)63-58-53-48-42-20-17-14-11-8-3)96-79(84)65-60-55-50-45-40-34-32-26-24-22-19-16-13-10-7-2/h73-76,81H,6-72H2,1-5H3,(H,86,87)(H,88,89)/t74-,75+,76+/m0/s1. The highest BCUT2D eigenvalue weighted by atomic mass is 31.2. The second-order valence-corrected chi connectivity index (χ2v) is 32.2. The molecule has 0 aliphatic heterocycles. The third kappa shape index (κ3) is 74.1. The molecule has 17 nitrogen and oxygen atoms in total. The van der Waals surface area contributed by atoms with E-state index in [-0.39, 0.29) is 25.7 Å². The largest absolute Gasteiger partial charge is 0.472 e. The number of unbranched alkanes of at least 4 members (excludes halogenated alkanes) is 52. The van der Waals surface area contributed by atoms with E-state index in [0.29, 0.717) is 25.7 Å². The Morgan fingerprint density at radius 1 is 0.273 bits per heavy atom. The lowest BCUT2D eigenvalue weighted by molar-refractivity contribution is -0.161.